The Hall–Kier alpha value is -1.62. The van der Waals surface area contributed by atoms with Gasteiger partial charge in [-0.25, -0.2) is 4.39 Å². The first kappa shape index (κ1) is 16.2. The number of benzene rings is 1. The van der Waals surface area contributed by atoms with E-state index in [1.807, 2.05) is 6.07 Å². The highest BCUT2D eigenvalue weighted by Crippen LogP contribution is 2.26. The summed E-state index contributed by atoms with van der Waals surface area (Å²) >= 11 is 0. The van der Waals surface area contributed by atoms with Crippen LogP contribution in [0.2, 0.25) is 0 Å². The van der Waals surface area contributed by atoms with Crippen LogP contribution in [0.25, 0.3) is 0 Å². The molecule has 1 amide bonds. The third kappa shape index (κ3) is 3.83. The molecular formula is C18H26FN3O. The Labute approximate surface area is 137 Å². The van der Waals surface area contributed by atoms with Crippen LogP contribution in [0.1, 0.15) is 39.0 Å². The fourth-order valence-electron chi connectivity index (χ4n) is 3.71. The number of hydrogen-bond acceptors (Lipinski definition) is 3. The number of halogens is 1. The number of amides is 1. The Morgan fingerprint density at radius 1 is 1.22 bits per heavy atom. The van der Waals surface area contributed by atoms with Crippen LogP contribution in [0.3, 0.4) is 0 Å². The summed E-state index contributed by atoms with van der Waals surface area (Å²) in [5.74, 6) is -0.296. The van der Waals surface area contributed by atoms with Crippen LogP contribution in [0.15, 0.2) is 18.2 Å². The minimum atomic E-state index is -0.290. The summed E-state index contributed by atoms with van der Waals surface area (Å²) in [6, 6.07) is 4.79. The lowest BCUT2D eigenvalue weighted by Crippen LogP contribution is -2.40. The summed E-state index contributed by atoms with van der Waals surface area (Å²) in [6.45, 7) is 5.98. The largest absolute Gasteiger partial charge is 0.371 e. The Morgan fingerprint density at radius 2 is 2.00 bits per heavy atom. The van der Waals surface area contributed by atoms with E-state index in [1.165, 1.54) is 6.07 Å². The van der Waals surface area contributed by atoms with Crippen molar-refractivity contribution in [3.63, 3.8) is 0 Å². The van der Waals surface area contributed by atoms with E-state index in [0.29, 0.717) is 5.69 Å². The van der Waals surface area contributed by atoms with Crippen molar-refractivity contribution in [3.05, 3.63) is 24.0 Å². The Kier molecular flexibility index (Phi) is 5.16. The van der Waals surface area contributed by atoms with Crippen molar-refractivity contribution in [2.75, 3.05) is 36.4 Å². The molecule has 2 aliphatic heterocycles. The first-order chi connectivity index (χ1) is 11.2. The summed E-state index contributed by atoms with van der Waals surface area (Å²) in [5.41, 5.74) is 1.44. The summed E-state index contributed by atoms with van der Waals surface area (Å²) in [6.07, 6.45) is 5.28. The van der Waals surface area contributed by atoms with Gasteiger partial charge in [0.1, 0.15) is 5.82 Å². The second-order valence-corrected chi connectivity index (χ2v) is 6.58. The van der Waals surface area contributed by atoms with E-state index in [-0.39, 0.29) is 17.8 Å². The molecular weight excluding hydrogens is 293 g/mol. The molecule has 1 atom stereocenters. The SMILES string of the molecule is CCCN1CCCC1C(=O)Nc1cc(F)cc(N2CCCC2)c1. The molecule has 1 aromatic rings. The number of hydrogen-bond donors (Lipinski definition) is 1. The monoisotopic (exact) mass is 319 g/mol. The molecule has 2 aliphatic rings. The van der Waals surface area contributed by atoms with Crippen LogP contribution < -0.4 is 10.2 Å². The molecule has 0 radical (unpaired) electrons. The van der Waals surface area contributed by atoms with Crippen molar-refractivity contribution in [3.8, 4) is 0 Å². The molecule has 0 aliphatic carbocycles. The van der Waals surface area contributed by atoms with Gasteiger partial charge in [-0.2, -0.15) is 0 Å². The van der Waals surface area contributed by atoms with Crippen molar-refractivity contribution >= 4 is 17.3 Å². The summed E-state index contributed by atoms with van der Waals surface area (Å²) in [4.78, 5) is 17.0. The third-order valence-corrected chi connectivity index (χ3v) is 4.80. The maximum Gasteiger partial charge on any atom is 0.241 e. The lowest BCUT2D eigenvalue weighted by atomic mass is 10.2. The van der Waals surface area contributed by atoms with Crippen molar-refractivity contribution in [2.45, 2.75) is 45.1 Å². The molecule has 126 valence electrons. The lowest BCUT2D eigenvalue weighted by Gasteiger charge is -2.23. The zero-order chi connectivity index (χ0) is 16.2. The van der Waals surface area contributed by atoms with Crippen LogP contribution >= 0.6 is 0 Å². The van der Waals surface area contributed by atoms with Gasteiger partial charge in [-0.1, -0.05) is 6.92 Å². The summed E-state index contributed by atoms with van der Waals surface area (Å²) in [5, 5.41) is 2.93. The topological polar surface area (TPSA) is 35.6 Å². The molecule has 5 heteroatoms. The molecule has 23 heavy (non-hydrogen) atoms. The van der Waals surface area contributed by atoms with Crippen LogP contribution in [-0.2, 0) is 4.79 Å². The highest BCUT2D eigenvalue weighted by Gasteiger charge is 2.30. The predicted molar refractivity (Wildman–Crippen MR) is 91.4 cm³/mol. The number of carbonyl (C=O) groups excluding carboxylic acids is 1. The number of nitrogens with one attached hydrogen (secondary N) is 1. The zero-order valence-corrected chi connectivity index (χ0v) is 13.9. The van der Waals surface area contributed by atoms with Gasteiger partial charge in [-0.15, -0.1) is 0 Å². The standard InChI is InChI=1S/C18H26FN3O/c1-2-7-22-10-5-6-17(22)18(23)20-15-11-14(19)12-16(13-15)21-8-3-4-9-21/h11-13,17H,2-10H2,1H3,(H,20,23). The average molecular weight is 319 g/mol. The average Bonchev–Trinajstić information content (AvgIpc) is 3.18. The minimum absolute atomic E-state index is 0.00563. The first-order valence-corrected chi connectivity index (χ1v) is 8.78. The molecule has 1 unspecified atom stereocenters. The molecule has 2 heterocycles. The number of carbonyl (C=O) groups is 1. The van der Waals surface area contributed by atoms with Crippen LogP contribution in [0.4, 0.5) is 15.8 Å². The molecule has 0 aromatic heterocycles. The van der Waals surface area contributed by atoms with Gasteiger partial charge in [-0.3, -0.25) is 9.69 Å². The van der Waals surface area contributed by atoms with E-state index in [1.54, 1.807) is 6.07 Å². The highest BCUT2D eigenvalue weighted by molar-refractivity contribution is 5.95. The van der Waals surface area contributed by atoms with Gasteiger partial charge in [-0.05, 0) is 63.4 Å². The van der Waals surface area contributed by atoms with Gasteiger partial charge in [0.2, 0.25) is 5.91 Å². The van der Waals surface area contributed by atoms with Crippen LogP contribution in [-0.4, -0.2) is 43.0 Å². The van der Waals surface area contributed by atoms with Gasteiger partial charge in [0.05, 0.1) is 6.04 Å². The summed E-state index contributed by atoms with van der Waals surface area (Å²) in [7, 11) is 0. The van der Waals surface area contributed by atoms with Gasteiger partial charge in [0.15, 0.2) is 0 Å². The fraction of sp³-hybridized carbons (Fsp3) is 0.611. The lowest BCUT2D eigenvalue weighted by molar-refractivity contribution is -0.120. The molecule has 4 nitrogen and oxygen atoms in total. The van der Waals surface area contributed by atoms with E-state index < -0.39 is 0 Å². The number of rotatable bonds is 5. The molecule has 1 N–H and O–H groups in total. The minimum Gasteiger partial charge on any atom is -0.371 e. The van der Waals surface area contributed by atoms with Gasteiger partial charge >= 0.3 is 0 Å². The van der Waals surface area contributed by atoms with Crippen molar-refractivity contribution < 1.29 is 9.18 Å². The molecule has 1 aromatic carbocycles. The number of likely N-dealkylation sites (tertiary alicyclic amines) is 1. The molecule has 2 fully saturated rings. The maximum atomic E-state index is 13.9. The molecule has 0 saturated carbocycles. The van der Waals surface area contributed by atoms with E-state index in [9.17, 15) is 9.18 Å². The van der Waals surface area contributed by atoms with Gasteiger partial charge < -0.3 is 10.2 Å². The Bertz CT molecular complexity index is 557. The fourth-order valence-corrected chi connectivity index (χ4v) is 3.71. The van der Waals surface area contributed by atoms with E-state index in [0.717, 1.165) is 64.0 Å². The Balaban J connectivity index is 1.70. The first-order valence-electron chi connectivity index (χ1n) is 8.78. The highest BCUT2D eigenvalue weighted by atomic mass is 19.1. The van der Waals surface area contributed by atoms with E-state index in [4.69, 9.17) is 0 Å². The molecule has 0 spiro atoms. The van der Waals surface area contributed by atoms with Crippen LogP contribution in [0.5, 0.6) is 0 Å². The predicted octanol–water partition coefficient (Wildman–Crippen LogP) is 3.24. The summed E-state index contributed by atoms with van der Waals surface area (Å²) < 4.78 is 13.9. The molecule has 3 rings (SSSR count). The van der Waals surface area contributed by atoms with Crippen molar-refractivity contribution in [1.29, 1.82) is 0 Å². The van der Waals surface area contributed by atoms with Crippen molar-refractivity contribution in [1.82, 2.24) is 4.90 Å². The second kappa shape index (κ2) is 7.30. The van der Waals surface area contributed by atoms with Gasteiger partial charge in [0.25, 0.3) is 0 Å². The normalized spacial score (nSPS) is 21.8. The van der Waals surface area contributed by atoms with Crippen LogP contribution in [0, 0.1) is 5.82 Å². The number of anilines is 2. The second-order valence-electron chi connectivity index (χ2n) is 6.58. The van der Waals surface area contributed by atoms with Gasteiger partial charge in [0, 0.05) is 24.5 Å². The quantitative estimate of drug-likeness (QED) is 0.905. The van der Waals surface area contributed by atoms with Crippen molar-refractivity contribution in [2.24, 2.45) is 0 Å². The zero-order valence-electron chi connectivity index (χ0n) is 13.9. The van der Waals surface area contributed by atoms with E-state index >= 15 is 0 Å². The molecule has 0 bridgehead atoms. The maximum absolute atomic E-state index is 13.9. The molecule has 2 saturated heterocycles. The smallest absolute Gasteiger partial charge is 0.241 e. The Morgan fingerprint density at radius 3 is 2.74 bits per heavy atom. The number of nitrogens with zero attached hydrogens (tertiary/aromatic N) is 2. The van der Waals surface area contributed by atoms with E-state index in [2.05, 4.69) is 22.0 Å². The third-order valence-electron chi connectivity index (χ3n) is 4.80.